The number of aromatic nitrogens is 1. The summed E-state index contributed by atoms with van der Waals surface area (Å²) >= 11 is 0. The average Bonchev–Trinajstić information content (AvgIpc) is 2.75. The van der Waals surface area contributed by atoms with E-state index in [9.17, 15) is 19.1 Å². The van der Waals surface area contributed by atoms with E-state index in [-0.39, 0.29) is 41.6 Å². The minimum absolute atomic E-state index is 0.0886. The van der Waals surface area contributed by atoms with Gasteiger partial charge in [-0.25, -0.2) is 9.37 Å². The molecular weight excluding hydrogens is 401 g/mol. The summed E-state index contributed by atoms with van der Waals surface area (Å²) in [6.45, 7) is 5.72. The highest BCUT2D eigenvalue weighted by molar-refractivity contribution is 5.98. The van der Waals surface area contributed by atoms with Gasteiger partial charge in [0.25, 0.3) is 5.91 Å². The van der Waals surface area contributed by atoms with Crippen molar-refractivity contribution in [2.75, 3.05) is 26.7 Å². The molecule has 2 aromatic rings. The number of carbonyl (C=O) groups excluding carboxylic acids is 2. The third-order valence-corrected chi connectivity index (χ3v) is 5.69. The Morgan fingerprint density at radius 1 is 1.35 bits per heavy atom. The fourth-order valence-electron chi connectivity index (χ4n) is 3.52. The summed E-state index contributed by atoms with van der Waals surface area (Å²) < 4.78 is 19.4. The molecule has 166 valence electrons. The molecule has 8 heteroatoms. The van der Waals surface area contributed by atoms with Gasteiger partial charge in [0.15, 0.2) is 0 Å². The van der Waals surface area contributed by atoms with Crippen molar-refractivity contribution in [3.05, 3.63) is 47.9 Å². The van der Waals surface area contributed by atoms with Crippen molar-refractivity contribution in [1.82, 2.24) is 14.8 Å². The van der Waals surface area contributed by atoms with Gasteiger partial charge in [-0.2, -0.15) is 0 Å². The van der Waals surface area contributed by atoms with E-state index in [1.54, 1.807) is 48.2 Å². The van der Waals surface area contributed by atoms with Crippen LogP contribution in [-0.4, -0.2) is 70.6 Å². The van der Waals surface area contributed by atoms with E-state index in [1.807, 2.05) is 6.92 Å². The number of rotatable bonds is 5. The lowest BCUT2D eigenvalue weighted by Crippen LogP contribution is -2.50. The number of fused-ring (bicyclic) bond motifs is 1. The number of ether oxygens (including phenoxy) is 1. The van der Waals surface area contributed by atoms with E-state index in [0.29, 0.717) is 18.7 Å². The molecular formula is C23H28FN3O4. The maximum atomic E-state index is 13.4. The van der Waals surface area contributed by atoms with Crippen LogP contribution in [0.25, 0.3) is 11.1 Å². The second-order valence-electron chi connectivity index (χ2n) is 8.11. The Kier molecular flexibility index (Phi) is 6.90. The van der Waals surface area contributed by atoms with Crippen LogP contribution in [0, 0.1) is 11.7 Å². The maximum Gasteiger partial charge on any atom is 0.259 e. The van der Waals surface area contributed by atoms with Gasteiger partial charge in [0.2, 0.25) is 11.8 Å². The van der Waals surface area contributed by atoms with Crippen LogP contribution >= 0.6 is 0 Å². The van der Waals surface area contributed by atoms with Crippen molar-refractivity contribution in [3.8, 4) is 17.0 Å². The van der Waals surface area contributed by atoms with Crippen molar-refractivity contribution < 1.29 is 23.8 Å². The molecule has 1 aliphatic heterocycles. The van der Waals surface area contributed by atoms with Crippen LogP contribution in [0.2, 0.25) is 0 Å². The van der Waals surface area contributed by atoms with Gasteiger partial charge in [-0.15, -0.1) is 0 Å². The Hall–Kier alpha value is -3.00. The smallest absolute Gasteiger partial charge is 0.259 e. The predicted molar refractivity (Wildman–Crippen MR) is 114 cm³/mol. The van der Waals surface area contributed by atoms with Gasteiger partial charge in [-0.3, -0.25) is 9.59 Å². The third-order valence-electron chi connectivity index (χ3n) is 5.69. The van der Waals surface area contributed by atoms with E-state index in [0.717, 1.165) is 5.56 Å². The first-order chi connectivity index (χ1) is 14.7. The number of likely N-dealkylation sites (N-methyl/N-ethyl adjacent to an activating group) is 1. The highest BCUT2D eigenvalue weighted by atomic mass is 19.1. The Morgan fingerprint density at radius 3 is 2.65 bits per heavy atom. The number of benzene rings is 1. The van der Waals surface area contributed by atoms with Crippen molar-refractivity contribution in [3.63, 3.8) is 0 Å². The van der Waals surface area contributed by atoms with Crippen molar-refractivity contribution in [2.45, 2.75) is 32.9 Å². The lowest BCUT2D eigenvalue weighted by molar-refractivity contribution is -0.129. The summed E-state index contributed by atoms with van der Waals surface area (Å²) in [6, 6.07) is 7.21. The van der Waals surface area contributed by atoms with Crippen molar-refractivity contribution in [2.24, 2.45) is 5.92 Å². The zero-order chi connectivity index (χ0) is 22.7. The van der Waals surface area contributed by atoms with Crippen molar-refractivity contribution in [1.29, 1.82) is 0 Å². The Bertz CT molecular complexity index is 950. The fraction of sp³-hybridized carbons (Fsp3) is 0.435. The summed E-state index contributed by atoms with van der Waals surface area (Å²) in [6.07, 6.45) is 1.19. The van der Waals surface area contributed by atoms with Gasteiger partial charge in [-0.05, 0) is 30.7 Å². The number of pyridine rings is 1. The second-order valence-corrected chi connectivity index (χ2v) is 8.11. The zero-order valence-corrected chi connectivity index (χ0v) is 18.2. The van der Waals surface area contributed by atoms with Gasteiger partial charge >= 0.3 is 0 Å². The van der Waals surface area contributed by atoms with Crippen LogP contribution in [0.1, 0.15) is 31.1 Å². The standard InChI is InChI=1S/C23H28FN3O4/c1-14-11-27(15(2)13-28)23(30)20-9-18(17-5-7-19(24)8-6-17)10-25-22(20)31-21(14)12-26(4)16(3)29/h5-10,14-15,21,28H,11-13H2,1-4H3/t14-,15-,21+/m0/s1. The maximum absolute atomic E-state index is 13.4. The number of carbonyl (C=O) groups is 2. The number of nitrogens with zero attached hydrogens (tertiary/aromatic N) is 3. The van der Waals surface area contributed by atoms with Crippen LogP contribution in [0.3, 0.4) is 0 Å². The minimum Gasteiger partial charge on any atom is -0.472 e. The van der Waals surface area contributed by atoms with E-state index in [4.69, 9.17) is 4.74 Å². The largest absolute Gasteiger partial charge is 0.472 e. The molecule has 0 bridgehead atoms. The monoisotopic (exact) mass is 429 g/mol. The van der Waals surface area contributed by atoms with Crippen LogP contribution in [0.4, 0.5) is 4.39 Å². The van der Waals surface area contributed by atoms with Gasteiger partial charge in [0.05, 0.1) is 19.2 Å². The SMILES string of the molecule is CC(=O)N(C)C[C@H]1Oc2ncc(-c3ccc(F)cc3)cc2C(=O)N([C@@H](C)CO)C[C@@H]1C. The topological polar surface area (TPSA) is 83.0 Å². The molecule has 0 radical (unpaired) electrons. The quantitative estimate of drug-likeness (QED) is 0.790. The number of hydrogen-bond donors (Lipinski definition) is 1. The first kappa shape index (κ1) is 22.7. The summed E-state index contributed by atoms with van der Waals surface area (Å²) in [5, 5.41) is 9.71. The predicted octanol–water partition coefficient (Wildman–Crippen LogP) is 2.59. The number of amides is 2. The molecule has 1 N–H and O–H groups in total. The lowest BCUT2D eigenvalue weighted by Gasteiger charge is -2.37. The van der Waals surface area contributed by atoms with Gasteiger partial charge in [0, 0.05) is 38.2 Å². The highest BCUT2D eigenvalue weighted by Gasteiger charge is 2.34. The molecule has 0 saturated heterocycles. The van der Waals surface area contributed by atoms with E-state index >= 15 is 0 Å². The van der Waals surface area contributed by atoms with E-state index < -0.39 is 12.1 Å². The summed E-state index contributed by atoms with van der Waals surface area (Å²) in [4.78, 5) is 32.7. The zero-order valence-electron chi connectivity index (χ0n) is 18.2. The molecule has 2 amide bonds. The summed E-state index contributed by atoms with van der Waals surface area (Å²) in [5.41, 5.74) is 1.64. The molecule has 0 aliphatic carbocycles. The molecule has 1 aliphatic rings. The Morgan fingerprint density at radius 2 is 2.03 bits per heavy atom. The fourth-order valence-corrected chi connectivity index (χ4v) is 3.52. The average molecular weight is 429 g/mol. The molecule has 2 heterocycles. The minimum atomic E-state index is -0.401. The number of hydrogen-bond acceptors (Lipinski definition) is 5. The second kappa shape index (κ2) is 9.43. The van der Waals surface area contributed by atoms with Crippen molar-refractivity contribution >= 4 is 11.8 Å². The molecule has 7 nitrogen and oxygen atoms in total. The molecule has 1 aromatic carbocycles. The first-order valence-corrected chi connectivity index (χ1v) is 10.3. The first-order valence-electron chi connectivity index (χ1n) is 10.3. The number of aliphatic hydroxyl groups excluding tert-OH is 1. The van der Waals surface area contributed by atoms with Gasteiger partial charge in [-0.1, -0.05) is 19.1 Å². The highest BCUT2D eigenvalue weighted by Crippen LogP contribution is 2.30. The van der Waals surface area contributed by atoms with Gasteiger partial charge in [0.1, 0.15) is 17.5 Å². The summed E-state index contributed by atoms with van der Waals surface area (Å²) in [5.74, 6) is -0.657. The van der Waals surface area contributed by atoms with Crippen LogP contribution in [0.15, 0.2) is 36.5 Å². The third kappa shape index (κ3) is 5.02. The molecule has 0 fully saturated rings. The van der Waals surface area contributed by atoms with Crippen LogP contribution in [0.5, 0.6) is 5.88 Å². The Balaban J connectivity index is 2.05. The molecule has 0 saturated carbocycles. The van der Waals surface area contributed by atoms with Crippen LogP contribution < -0.4 is 4.74 Å². The molecule has 0 spiro atoms. The molecule has 1 aromatic heterocycles. The van der Waals surface area contributed by atoms with Crippen LogP contribution in [-0.2, 0) is 4.79 Å². The molecule has 31 heavy (non-hydrogen) atoms. The molecule has 0 unspecified atom stereocenters. The molecule has 3 atom stereocenters. The van der Waals surface area contributed by atoms with E-state index in [1.165, 1.54) is 19.1 Å². The number of halogens is 1. The Labute approximate surface area is 181 Å². The molecule has 3 rings (SSSR count). The normalized spacial score (nSPS) is 19.7. The van der Waals surface area contributed by atoms with Gasteiger partial charge < -0.3 is 19.6 Å². The summed E-state index contributed by atoms with van der Waals surface area (Å²) in [7, 11) is 1.70. The lowest BCUT2D eigenvalue weighted by atomic mass is 9.99. The van der Waals surface area contributed by atoms with E-state index in [2.05, 4.69) is 4.98 Å². The number of aliphatic hydroxyl groups is 1.